The highest BCUT2D eigenvalue weighted by molar-refractivity contribution is 5.78. The minimum atomic E-state index is 0.271. The molecule has 2 aromatic rings. The fourth-order valence-corrected chi connectivity index (χ4v) is 4.36. The van der Waals surface area contributed by atoms with Gasteiger partial charge in [0.25, 0.3) is 0 Å². The third-order valence-electron chi connectivity index (χ3n) is 5.90. The van der Waals surface area contributed by atoms with E-state index in [2.05, 4.69) is 17.0 Å². The second-order valence-corrected chi connectivity index (χ2v) is 7.81. The number of amides is 1. The Morgan fingerprint density at radius 1 is 1.07 bits per heavy atom. The maximum absolute atomic E-state index is 12.8. The smallest absolute Gasteiger partial charge is 0.236 e. The van der Waals surface area contributed by atoms with E-state index >= 15 is 0 Å². The van der Waals surface area contributed by atoms with Gasteiger partial charge in [0.15, 0.2) is 0 Å². The van der Waals surface area contributed by atoms with Gasteiger partial charge in [0.1, 0.15) is 5.75 Å². The van der Waals surface area contributed by atoms with Crippen LogP contribution in [0.15, 0.2) is 42.5 Å². The van der Waals surface area contributed by atoms with Crippen LogP contribution in [0.4, 0.5) is 0 Å². The van der Waals surface area contributed by atoms with E-state index in [-0.39, 0.29) is 5.91 Å². The number of carbonyl (C=O) groups excluding carboxylic acids is 1. The van der Waals surface area contributed by atoms with Crippen LogP contribution in [0, 0.1) is 0 Å². The molecule has 0 aliphatic carbocycles. The van der Waals surface area contributed by atoms with Gasteiger partial charge >= 0.3 is 0 Å². The average molecular weight is 380 g/mol. The summed E-state index contributed by atoms with van der Waals surface area (Å²) in [6.07, 6.45) is 4.55. The van der Waals surface area contributed by atoms with Crippen molar-refractivity contribution in [3.8, 4) is 17.0 Å². The summed E-state index contributed by atoms with van der Waals surface area (Å²) >= 11 is 0. The molecule has 4 rings (SSSR count). The summed E-state index contributed by atoms with van der Waals surface area (Å²) in [6, 6.07) is 14.2. The summed E-state index contributed by atoms with van der Waals surface area (Å²) in [5.74, 6) is 1.40. The number of carbonyl (C=O) groups is 1. The number of methoxy groups -OCH3 is 1. The van der Waals surface area contributed by atoms with E-state index in [0.29, 0.717) is 12.5 Å². The molecule has 1 atom stereocenters. The summed E-state index contributed by atoms with van der Waals surface area (Å²) in [5.41, 5.74) is 3.00. The van der Waals surface area contributed by atoms with Crippen LogP contribution in [-0.2, 0) is 4.79 Å². The van der Waals surface area contributed by atoms with Crippen LogP contribution in [0.3, 0.4) is 0 Å². The molecule has 2 aliphatic rings. The number of ether oxygens (including phenoxy) is 1. The van der Waals surface area contributed by atoms with Crippen molar-refractivity contribution in [1.29, 1.82) is 0 Å². The number of piperidine rings is 1. The second-order valence-electron chi connectivity index (χ2n) is 7.81. The minimum Gasteiger partial charge on any atom is -0.496 e. The van der Waals surface area contributed by atoms with E-state index in [1.807, 2.05) is 35.2 Å². The molecule has 2 aliphatic heterocycles. The van der Waals surface area contributed by atoms with Gasteiger partial charge in [-0.15, -0.1) is 0 Å². The molecule has 0 bridgehead atoms. The number of hydrogen-bond acceptors (Lipinski definition) is 4. The predicted molar refractivity (Wildman–Crippen MR) is 110 cm³/mol. The summed E-state index contributed by atoms with van der Waals surface area (Å²) in [6.45, 7) is 4.34. The molecule has 0 radical (unpaired) electrons. The standard InChI is InChI=1S/C23H29N3O2/c1-28-22-12-3-2-9-19(22)21-11-6-10-20(24-21)18-8-7-15-26(16-18)23(27)17-25-13-4-5-14-25/h2-3,6,9-12,18H,4-5,7-8,13-17H2,1H3. The molecule has 1 aromatic carbocycles. The third-order valence-corrected chi connectivity index (χ3v) is 5.90. The lowest BCUT2D eigenvalue weighted by molar-refractivity contribution is -0.133. The molecule has 1 unspecified atom stereocenters. The Balaban J connectivity index is 1.48. The van der Waals surface area contributed by atoms with E-state index in [1.54, 1.807) is 7.11 Å². The lowest BCUT2D eigenvalue weighted by atomic mass is 9.93. The van der Waals surface area contributed by atoms with Gasteiger partial charge in [0, 0.05) is 30.3 Å². The molecule has 2 fully saturated rings. The minimum absolute atomic E-state index is 0.271. The van der Waals surface area contributed by atoms with Crippen molar-refractivity contribution in [2.75, 3.05) is 39.8 Å². The molecule has 0 saturated carbocycles. The zero-order valence-corrected chi connectivity index (χ0v) is 16.6. The van der Waals surface area contributed by atoms with Gasteiger partial charge in [0.2, 0.25) is 5.91 Å². The number of rotatable bonds is 5. The summed E-state index contributed by atoms with van der Waals surface area (Å²) in [7, 11) is 1.69. The van der Waals surface area contributed by atoms with Crippen molar-refractivity contribution in [1.82, 2.24) is 14.8 Å². The van der Waals surface area contributed by atoms with E-state index < -0.39 is 0 Å². The number of nitrogens with zero attached hydrogens (tertiary/aromatic N) is 3. The highest BCUT2D eigenvalue weighted by Gasteiger charge is 2.27. The van der Waals surface area contributed by atoms with Crippen LogP contribution in [0.5, 0.6) is 5.75 Å². The van der Waals surface area contributed by atoms with Crippen LogP contribution in [0.2, 0.25) is 0 Å². The number of para-hydroxylation sites is 1. The van der Waals surface area contributed by atoms with Gasteiger partial charge in [-0.25, -0.2) is 0 Å². The third kappa shape index (κ3) is 4.20. The molecule has 5 heteroatoms. The van der Waals surface area contributed by atoms with Crippen molar-refractivity contribution in [2.45, 2.75) is 31.6 Å². The Kier molecular flexibility index (Phi) is 5.91. The first-order chi connectivity index (χ1) is 13.7. The van der Waals surface area contributed by atoms with Gasteiger partial charge in [-0.2, -0.15) is 0 Å². The second kappa shape index (κ2) is 8.74. The van der Waals surface area contributed by atoms with Gasteiger partial charge in [0.05, 0.1) is 19.3 Å². The Morgan fingerprint density at radius 3 is 2.71 bits per heavy atom. The van der Waals surface area contributed by atoms with E-state index in [4.69, 9.17) is 9.72 Å². The van der Waals surface area contributed by atoms with Crippen molar-refractivity contribution in [3.63, 3.8) is 0 Å². The molecule has 0 N–H and O–H groups in total. The predicted octanol–water partition coefficient (Wildman–Crippen LogP) is 3.56. The Morgan fingerprint density at radius 2 is 1.89 bits per heavy atom. The highest BCUT2D eigenvalue weighted by atomic mass is 16.5. The maximum atomic E-state index is 12.8. The van der Waals surface area contributed by atoms with Gasteiger partial charge in [-0.1, -0.05) is 18.2 Å². The number of benzene rings is 1. The van der Waals surface area contributed by atoms with Gasteiger partial charge in [-0.05, 0) is 63.0 Å². The molecule has 1 amide bonds. The number of hydrogen-bond donors (Lipinski definition) is 0. The fourth-order valence-electron chi connectivity index (χ4n) is 4.36. The first kappa shape index (κ1) is 18.9. The highest BCUT2D eigenvalue weighted by Crippen LogP contribution is 2.31. The summed E-state index contributed by atoms with van der Waals surface area (Å²) in [5, 5.41) is 0. The lowest BCUT2D eigenvalue weighted by Gasteiger charge is -2.33. The zero-order chi connectivity index (χ0) is 19.3. The van der Waals surface area contributed by atoms with Crippen LogP contribution in [-0.4, -0.2) is 60.5 Å². The van der Waals surface area contributed by atoms with Crippen LogP contribution in [0.1, 0.15) is 37.3 Å². The molecular formula is C23H29N3O2. The van der Waals surface area contributed by atoms with Crippen molar-refractivity contribution >= 4 is 5.91 Å². The average Bonchev–Trinajstić information content (AvgIpc) is 3.27. The molecule has 5 nitrogen and oxygen atoms in total. The molecular weight excluding hydrogens is 350 g/mol. The molecule has 3 heterocycles. The normalized spacial score (nSPS) is 20.3. The largest absolute Gasteiger partial charge is 0.496 e. The monoisotopic (exact) mass is 379 g/mol. The van der Waals surface area contributed by atoms with Crippen LogP contribution < -0.4 is 4.74 Å². The van der Waals surface area contributed by atoms with Crippen molar-refractivity contribution < 1.29 is 9.53 Å². The Hall–Kier alpha value is -2.40. The van der Waals surface area contributed by atoms with Crippen LogP contribution >= 0.6 is 0 Å². The van der Waals surface area contributed by atoms with E-state index in [0.717, 1.165) is 61.7 Å². The number of likely N-dealkylation sites (tertiary alicyclic amines) is 2. The zero-order valence-electron chi connectivity index (χ0n) is 16.6. The van der Waals surface area contributed by atoms with E-state index in [9.17, 15) is 4.79 Å². The van der Waals surface area contributed by atoms with Gasteiger partial charge in [-0.3, -0.25) is 14.7 Å². The molecule has 148 valence electrons. The quantitative estimate of drug-likeness (QED) is 0.797. The molecule has 28 heavy (non-hydrogen) atoms. The maximum Gasteiger partial charge on any atom is 0.236 e. The lowest BCUT2D eigenvalue weighted by Crippen LogP contribution is -2.44. The Labute approximate surface area is 167 Å². The molecule has 0 spiro atoms. The molecule has 2 saturated heterocycles. The van der Waals surface area contributed by atoms with Crippen molar-refractivity contribution in [2.24, 2.45) is 0 Å². The van der Waals surface area contributed by atoms with Crippen molar-refractivity contribution in [3.05, 3.63) is 48.2 Å². The fraction of sp³-hybridized carbons (Fsp3) is 0.478. The molecule has 1 aromatic heterocycles. The Bertz CT molecular complexity index is 817. The van der Waals surface area contributed by atoms with Gasteiger partial charge < -0.3 is 9.64 Å². The SMILES string of the molecule is COc1ccccc1-c1cccc(C2CCCN(C(=O)CN3CCCC3)C2)n1. The van der Waals surface area contributed by atoms with E-state index in [1.165, 1.54) is 12.8 Å². The number of aromatic nitrogens is 1. The summed E-state index contributed by atoms with van der Waals surface area (Å²) < 4.78 is 5.50. The summed E-state index contributed by atoms with van der Waals surface area (Å²) in [4.78, 5) is 22.0. The first-order valence-electron chi connectivity index (χ1n) is 10.3. The number of pyridine rings is 1. The van der Waals surface area contributed by atoms with Crippen LogP contribution in [0.25, 0.3) is 11.3 Å². The topological polar surface area (TPSA) is 45.7 Å². The first-order valence-corrected chi connectivity index (χ1v) is 10.3.